The number of carbonyl (C=O) groups excluding carboxylic acids is 1. The van der Waals surface area contributed by atoms with Gasteiger partial charge in [0.15, 0.2) is 0 Å². The first-order valence-electron chi connectivity index (χ1n) is 5.38. The van der Waals surface area contributed by atoms with Crippen molar-refractivity contribution < 1.29 is 18.4 Å². The molecule has 0 aromatic carbocycles. The molecule has 0 radical (unpaired) electrons. The molecule has 102 valence electrons. The summed E-state index contributed by atoms with van der Waals surface area (Å²) in [6, 6.07) is 4.12. The Morgan fingerprint density at radius 1 is 1.33 bits per heavy atom. The minimum atomic E-state index is -3.21. The van der Waals surface area contributed by atoms with E-state index in [4.69, 9.17) is 9.05 Å². The Bertz CT molecular complexity index is 438. The van der Waals surface area contributed by atoms with Crippen LogP contribution in [0.25, 0.3) is 0 Å². The van der Waals surface area contributed by atoms with Crippen LogP contribution in [0.4, 0.5) is 0 Å². The van der Waals surface area contributed by atoms with Crippen LogP contribution in [-0.2, 0) is 29.3 Å². The summed E-state index contributed by atoms with van der Waals surface area (Å²) in [4.78, 5) is 14.2. The van der Waals surface area contributed by atoms with Crippen molar-refractivity contribution in [3.8, 4) is 0 Å². The number of aryl methyl sites for hydroxylation is 1. The van der Waals surface area contributed by atoms with E-state index in [9.17, 15) is 9.36 Å². The molecule has 0 aliphatic rings. The maximum absolute atomic E-state index is 11.8. The van der Waals surface area contributed by atoms with Crippen molar-refractivity contribution in [1.29, 1.82) is 0 Å². The molecule has 0 amide bonds. The summed E-state index contributed by atoms with van der Waals surface area (Å²) in [7, 11) is -0.616. The second-order valence-electron chi connectivity index (χ2n) is 3.67. The fraction of sp³-hybridized carbons (Fsp3) is 0.545. The summed E-state index contributed by atoms with van der Waals surface area (Å²) >= 11 is 4.02. The maximum Gasteiger partial charge on any atom is 0.337 e. The van der Waals surface area contributed by atoms with Gasteiger partial charge in [-0.15, -0.1) is 11.3 Å². The largest absolute Gasteiger partial charge is 0.337 e. The zero-order valence-corrected chi connectivity index (χ0v) is 14.2. The Morgan fingerprint density at radius 2 is 1.94 bits per heavy atom. The Morgan fingerprint density at radius 3 is 2.44 bits per heavy atom. The molecule has 1 aromatic rings. The average molecular weight is 402 g/mol. The summed E-state index contributed by atoms with van der Waals surface area (Å²) in [6.07, 6.45) is 0.913. The minimum absolute atomic E-state index is 0.0912. The molecule has 0 spiro atoms. The molecule has 0 atom stereocenters. The van der Waals surface area contributed by atoms with E-state index in [0.29, 0.717) is 12.8 Å². The molecule has 0 saturated heterocycles. The van der Waals surface area contributed by atoms with E-state index in [0.717, 1.165) is 4.43 Å². The maximum atomic E-state index is 11.8. The molecule has 1 aromatic heterocycles. The molecular formula is C11H16IO4PS. The standard InChI is InChI=1S/C11H16IO4PS/c1-15-17(14,16-2)8-9(13)3-4-10-5-6-11(7-12)18-10/h5-6H,3-4,7-8H2,1-2H3. The molecule has 4 nitrogen and oxygen atoms in total. The van der Waals surface area contributed by atoms with E-state index >= 15 is 0 Å². The van der Waals surface area contributed by atoms with Crippen LogP contribution in [-0.4, -0.2) is 26.2 Å². The van der Waals surface area contributed by atoms with Crippen molar-refractivity contribution in [3.63, 3.8) is 0 Å². The quantitative estimate of drug-likeness (QED) is 0.378. The van der Waals surface area contributed by atoms with Crippen molar-refractivity contribution >= 4 is 47.3 Å². The predicted octanol–water partition coefficient (Wildman–Crippen LogP) is 3.67. The Kier molecular flexibility index (Phi) is 7.02. The molecule has 0 N–H and O–H groups in total. The molecule has 18 heavy (non-hydrogen) atoms. The summed E-state index contributed by atoms with van der Waals surface area (Å²) in [5, 5.41) is 0. The lowest BCUT2D eigenvalue weighted by Crippen LogP contribution is -2.08. The molecule has 0 bridgehead atoms. The van der Waals surface area contributed by atoms with Gasteiger partial charge in [0.05, 0.1) is 0 Å². The van der Waals surface area contributed by atoms with Crippen molar-refractivity contribution in [1.82, 2.24) is 0 Å². The van der Waals surface area contributed by atoms with Crippen LogP contribution in [0.5, 0.6) is 0 Å². The van der Waals surface area contributed by atoms with Crippen molar-refractivity contribution in [2.75, 3.05) is 20.4 Å². The molecule has 0 aliphatic heterocycles. The van der Waals surface area contributed by atoms with Gasteiger partial charge in [0.25, 0.3) is 0 Å². The summed E-state index contributed by atoms with van der Waals surface area (Å²) < 4.78 is 22.2. The third kappa shape index (κ3) is 5.09. The van der Waals surface area contributed by atoms with Crippen LogP contribution in [0.1, 0.15) is 16.2 Å². The summed E-state index contributed by atoms with van der Waals surface area (Å²) in [5.41, 5.74) is 0. The second-order valence-corrected chi connectivity index (χ2v) is 7.96. The van der Waals surface area contributed by atoms with E-state index in [1.807, 2.05) is 6.07 Å². The number of halogens is 1. The molecule has 7 heteroatoms. The van der Waals surface area contributed by atoms with Gasteiger partial charge >= 0.3 is 7.60 Å². The molecule has 0 unspecified atom stereocenters. The lowest BCUT2D eigenvalue weighted by atomic mass is 10.2. The lowest BCUT2D eigenvalue weighted by molar-refractivity contribution is -0.116. The number of carbonyl (C=O) groups is 1. The number of Topliss-reactive ketones (excluding diaryl/α,β-unsaturated/α-hetero) is 1. The van der Waals surface area contributed by atoms with Crippen LogP contribution in [0, 0.1) is 0 Å². The Hall–Kier alpha value is 0.250. The summed E-state index contributed by atoms with van der Waals surface area (Å²) in [6.45, 7) is 0. The van der Waals surface area contributed by atoms with Crippen LogP contribution >= 0.6 is 41.5 Å². The zero-order valence-electron chi connectivity index (χ0n) is 10.3. The van der Waals surface area contributed by atoms with Gasteiger partial charge in [0.1, 0.15) is 11.9 Å². The first-order chi connectivity index (χ1) is 8.53. The third-order valence-corrected chi connectivity index (χ3v) is 6.76. The number of alkyl halides is 1. The van der Waals surface area contributed by atoms with Crippen LogP contribution in [0.2, 0.25) is 0 Å². The number of rotatable bonds is 8. The third-order valence-electron chi connectivity index (χ3n) is 2.43. The highest BCUT2D eigenvalue weighted by molar-refractivity contribution is 14.1. The molecule has 1 heterocycles. The van der Waals surface area contributed by atoms with E-state index in [2.05, 4.69) is 28.7 Å². The van der Waals surface area contributed by atoms with Crippen molar-refractivity contribution in [2.24, 2.45) is 0 Å². The van der Waals surface area contributed by atoms with Gasteiger partial charge in [0.2, 0.25) is 0 Å². The van der Waals surface area contributed by atoms with E-state index in [-0.39, 0.29) is 11.9 Å². The first-order valence-corrected chi connectivity index (χ1v) is 9.45. The molecule has 1 rings (SSSR count). The van der Waals surface area contributed by atoms with Gasteiger partial charge in [-0.2, -0.15) is 0 Å². The topological polar surface area (TPSA) is 52.6 Å². The number of hydrogen-bond donors (Lipinski definition) is 0. The fourth-order valence-electron chi connectivity index (χ4n) is 1.39. The van der Waals surface area contributed by atoms with Gasteiger partial charge < -0.3 is 9.05 Å². The normalized spacial score (nSPS) is 11.7. The Balaban J connectivity index is 2.44. The van der Waals surface area contributed by atoms with Crippen LogP contribution in [0.15, 0.2) is 12.1 Å². The van der Waals surface area contributed by atoms with Crippen molar-refractivity contribution in [2.45, 2.75) is 17.3 Å². The van der Waals surface area contributed by atoms with Gasteiger partial charge in [-0.1, -0.05) is 22.6 Å². The Labute approximate surface area is 125 Å². The SMILES string of the molecule is COP(=O)(CC(=O)CCc1ccc(CI)s1)OC. The summed E-state index contributed by atoms with van der Waals surface area (Å²) in [5.74, 6) is -0.0912. The highest BCUT2D eigenvalue weighted by Crippen LogP contribution is 2.46. The van der Waals surface area contributed by atoms with E-state index < -0.39 is 7.60 Å². The fourth-order valence-corrected chi connectivity index (χ4v) is 3.98. The average Bonchev–Trinajstić information content (AvgIpc) is 2.84. The minimum Gasteiger partial charge on any atom is -0.312 e. The van der Waals surface area contributed by atoms with Gasteiger partial charge in [-0.05, 0) is 18.6 Å². The van der Waals surface area contributed by atoms with Crippen LogP contribution in [0.3, 0.4) is 0 Å². The number of ketones is 1. The molecule has 0 saturated carbocycles. The monoisotopic (exact) mass is 402 g/mol. The molecule has 0 fully saturated rings. The van der Waals surface area contributed by atoms with Gasteiger partial charge in [-0.3, -0.25) is 9.36 Å². The zero-order chi connectivity index (χ0) is 13.6. The first kappa shape index (κ1) is 16.3. The van der Waals surface area contributed by atoms with Gasteiger partial charge in [-0.25, -0.2) is 0 Å². The number of hydrogen-bond acceptors (Lipinski definition) is 5. The molecular weight excluding hydrogens is 386 g/mol. The number of thiophene rings is 1. The van der Waals surface area contributed by atoms with E-state index in [1.165, 1.54) is 24.0 Å². The van der Waals surface area contributed by atoms with Gasteiger partial charge in [0, 0.05) is 34.8 Å². The molecule has 0 aliphatic carbocycles. The smallest absolute Gasteiger partial charge is 0.312 e. The highest BCUT2D eigenvalue weighted by Gasteiger charge is 2.25. The van der Waals surface area contributed by atoms with Crippen LogP contribution < -0.4 is 0 Å². The van der Waals surface area contributed by atoms with Crippen molar-refractivity contribution in [3.05, 3.63) is 21.9 Å². The lowest BCUT2D eigenvalue weighted by Gasteiger charge is -2.12. The predicted molar refractivity (Wildman–Crippen MR) is 81.9 cm³/mol. The van der Waals surface area contributed by atoms with E-state index in [1.54, 1.807) is 11.3 Å². The highest BCUT2D eigenvalue weighted by atomic mass is 127. The second kappa shape index (κ2) is 7.75.